The van der Waals surface area contributed by atoms with Crippen LogP contribution in [0.2, 0.25) is 0 Å². The highest BCUT2D eigenvalue weighted by molar-refractivity contribution is 7.15. The van der Waals surface area contributed by atoms with Crippen LogP contribution in [-0.2, 0) is 0 Å². The third-order valence-corrected chi connectivity index (χ3v) is 3.35. The molecule has 0 saturated carbocycles. The second-order valence-corrected chi connectivity index (χ2v) is 4.57. The Hall–Kier alpha value is -2.14. The van der Waals surface area contributed by atoms with Crippen LogP contribution in [-0.4, -0.2) is 12.2 Å². The van der Waals surface area contributed by atoms with Crippen molar-refractivity contribution in [1.82, 2.24) is 0 Å². The molecule has 1 aromatic heterocycles. The topological polar surface area (TPSA) is 55.4 Å². The van der Waals surface area contributed by atoms with Crippen molar-refractivity contribution in [3.8, 4) is 10.8 Å². The lowest BCUT2D eigenvalue weighted by atomic mass is 10.2. The fourth-order valence-electron chi connectivity index (χ4n) is 1.63. The zero-order chi connectivity index (χ0) is 11.8. The molecule has 17 heavy (non-hydrogen) atoms. The largest absolute Gasteiger partial charge is 0.444 e. The lowest BCUT2D eigenvalue weighted by Crippen LogP contribution is -2.09. The fraction of sp³-hybridized carbons (Fsp3) is 0. The van der Waals surface area contributed by atoms with Crippen LogP contribution in [0, 0.1) is 0 Å². The van der Waals surface area contributed by atoms with Crippen molar-refractivity contribution in [2.75, 3.05) is 5.32 Å². The molecule has 0 bridgehead atoms. The third-order valence-electron chi connectivity index (χ3n) is 2.42. The second kappa shape index (κ2) is 3.71. The molecule has 0 spiro atoms. The van der Waals surface area contributed by atoms with E-state index in [2.05, 4.69) is 5.32 Å². The number of carbonyl (C=O) groups excluding carboxylic acids is 2. The molecule has 2 aromatic rings. The van der Waals surface area contributed by atoms with Crippen LogP contribution < -0.4 is 10.1 Å². The van der Waals surface area contributed by atoms with Crippen molar-refractivity contribution >= 4 is 29.2 Å². The van der Waals surface area contributed by atoms with Gasteiger partial charge in [0, 0.05) is 0 Å². The summed E-state index contributed by atoms with van der Waals surface area (Å²) in [6, 6.07) is 8.71. The molecule has 0 saturated heterocycles. The van der Waals surface area contributed by atoms with E-state index < -0.39 is 0 Å². The number of hydrogen-bond acceptors (Lipinski definition) is 4. The van der Waals surface area contributed by atoms with Gasteiger partial charge in [-0.15, -0.1) is 0 Å². The highest BCUT2D eigenvalue weighted by atomic mass is 32.1. The Morgan fingerprint density at radius 1 is 1.29 bits per heavy atom. The number of rotatable bonds is 1. The van der Waals surface area contributed by atoms with Crippen molar-refractivity contribution in [3.63, 3.8) is 0 Å². The summed E-state index contributed by atoms with van der Waals surface area (Å²) in [5, 5.41) is 3.20. The van der Waals surface area contributed by atoms with Crippen LogP contribution in [0.1, 0.15) is 20.0 Å². The first-order chi connectivity index (χ1) is 8.28. The smallest absolute Gasteiger partial charge is 0.260 e. The molecule has 1 aliphatic rings. The molecule has 84 valence electrons. The monoisotopic (exact) mass is 245 g/mol. The van der Waals surface area contributed by atoms with E-state index in [9.17, 15) is 9.59 Å². The molecule has 3 rings (SSSR count). The van der Waals surface area contributed by atoms with E-state index in [1.165, 1.54) is 6.07 Å². The van der Waals surface area contributed by atoms with Gasteiger partial charge in [0.1, 0.15) is 0 Å². The third kappa shape index (κ3) is 1.60. The summed E-state index contributed by atoms with van der Waals surface area (Å²) in [5.74, 6) is 0.327. The molecular formula is C12H7NO3S. The molecule has 0 fully saturated rings. The minimum Gasteiger partial charge on any atom is -0.444 e. The normalized spacial score (nSPS) is 12.8. The number of para-hydroxylation sites is 2. The maximum atomic E-state index is 11.9. The Morgan fingerprint density at radius 3 is 2.94 bits per heavy atom. The van der Waals surface area contributed by atoms with E-state index in [0.29, 0.717) is 33.2 Å². The predicted molar refractivity (Wildman–Crippen MR) is 64.2 cm³/mol. The standard InChI is InChI=1S/C12H7NO3S/c14-6-7-5-8-11(15)13-9-3-1-2-4-10(9)16-12(8)17-7/h1-6H,(H,13,15). The number of thiophene rings is 1. The molecule has 4 nitrogen and oxygen atoms in total. The number of carbonyl (C=O) groups is 2. The first kappa shape index (κ1) is 10.0. The average Bonchev–Trinajstić information content (AvgIpc) is 2.69. The van der Waals surface area contributed by atoms with Crippen molar-refractivity contribution < 1.29 is 14.3 Å². The first-order valence-electron chi connectivity index (χ1n) is 4.95. The molecule has 1 aliphatic heterocycles. The summed E-state index contributed by atoms with van der Waals surface area (Å²) < 4.78 is 5.63. The summed E-state index contributed by atoms with van der Waals surface area (Å²) in [6.45, 7) is 0. The SMILES string of the molecule is O=Cc1cc2c(s1)Oc1ccccc1NC2=O. The van der Waals surface area contributed by atoms with Crippen LogP contribution in [0.25, 0.3) is 0 Å². The summed E-state index contributed by atoms with van der Waals surface area (Å²) in [5.41, 5.74) is 1.03. The molecule has 0 radical (unpaired) electrons. The Kier molecular flexibility index (Phi) is 2.19. The molecule has 1 N–H and O–H groups in total. The molecule has 0 atom stereocenters. The molecular weight excluding hydrogens is 238 g/mol. The van der Waals surface area contributed by atoms with Crippen LogP contribution >= 0.6 is 11.3 Å². The quantitative estimate of drug-likeness (QED) is 0.786. The highest BCUT2D eigenvalue weighted by Crippen LogP contribution is 2.39. The lowest BCUT2D eigenvalue weighted by molar-refractivity contribution is 0.102. The minimum atomic E-state index is -0.255. The molecule has 5 heteroatoms. The second-order valence-electron chi connectivity index (χ2n) is 3.52. The summed E-state index contributed by atoms with van der Waals surface area (Å²) in [4.78, 5) is 23.1. The lowest BCUT2D eigenvalue weighted by Gasteiger charge is -2.04. The Morgan fingerprint density at radius 2 is 2.12 bits per heavy atom. The van der Waals surface area contributed by atoms with Crippen molar-refractivity contribution in [2.45, 2.75) is 0 Å². The van der Waals surface area contributed by atoms with Crippen molar-refractivity contribution in [3.05, 3.63) is 40.8 Å². The van der Waals surface area contributed by atoms with E-state index in [0.717, 1.165) is 11.3 Å². The van der Waals surface area contributed by atoms with Gasteiger partial charge in [0.05, 0.1) is 16.1 Å². The van der Waals surface area contributed by atoms with Crippen molar-refractivity contribution in [1.29, 1.82) is 0 Å². The molecule has 0 aliphatic carbocycles. The molecule has 1 amide bonds. The molecule has 0 unspecified atom stereocenters. The van der Waals surface area contributed by atoms with Gasteiger partial charge in [-0.25, -0.2) is 0 Å². The van der Waals surface area contributed by atoms with Crippen molar-refractivity contribution in [2.24, 2.45) is 0 Å². The summed E-state index contributed by atoms with van der Waals surface area (Å²) in [7, 11) is 0. The fourth-order valence-corrected chi connectivity index (χ4v) is 2.47. The number of fused-ring (bicyclic) bond motifs is 2. The zero-order valence-corrected chi connectivity index (χ0v) is 9.41. The van der Waals surface area contributed by atoms with E-state index >= 15 is 0 Å². The van der Waals surface area contributed by atoms with Gasteiger partial charge in [0.15, 0.2) is 17.1 Å². The van der Waals surface area contributed by atoms with Crippen LogP contribution in [0.4, 0.5) is 5.69 Å². The maximum absolute atomic E-state index is 11.9. The van der Waals surface area contributed by atoms with Gasteiger partial charge in [0.2, 0.25) is 0 Å². The Bertz CT molecular complexity index is 618. The summed E-state index contributed by atoms with van der Waals surface area (Å²) >= 11 is 1.16. The van der Waals surface area contributed by atoms with Crippen LogP contribution in [0.15, 0.2) is 30.3 Å². The van der Waals surface area contributed by atoms with E-state index in [-0.39, 0.29) is 5.91 Å². The van der Waals surface area contributed by atoms with Gasteiger partial charge in [-0.1, -0.05) is 23.5 Å². The highest BCUT2D eigenvalue weighted by Gasteiger charge is 2.23. The number of nitrogens with one attached hydrogen (secondary N) is 1. The Labute approximate surface area is 101 Å². The van der Waals surface area contributed by atoms with E-state index in [1.54, 1.807) is 12.1 Å². The number of anilines is 1. The Balaban J connectivity index is 2.15. The number of aldehydes is 1. The maximum Gasteiger partial charge on any atom is 0.260 e. The molecule has 2 heterocycles. The first-order valence-corrected chi connectivity index (χ1v) is 5.77. The average molecular weight is 245 g/mol. The minimum absolute atomic E-state index is 0.255. The number of amides is 1. The zero-order valence-electron chi connectivity index (χ0n) is 8.60. The molecule has 1 aromatic carbocycles. The van der Waals surface area contributed by atoms with Gasteiger partial charge in [-0.05, 0) is 18.2 Å². The predicted octanol–water partition coefficient (Wildman–Crippen LogP) is 2.92. The van der Waals surface area contributed by atoms with E-state index in [1.807, 2.05) is 12.1 Å². The number of hydrogen-bond donors (Lipinski definition) is 1. The van der Waals surface area contributed by atoms with Crippen LogP contribution in [0.3, 0.4) is 0 Å². The van der Waals surface area contributed by atoms with Gasteiger partial charge in [0.25, 0.3) is 5.91 Å². The van der Waals surface area contributed by atoms with Gasteiger partial charge >= 0.3 is 0 Å². The number of ether oxygens (including phenoxy) is 1. The van der Waals surface area contributed by atoms with E-state index in [4.69, 9.17) is 4.74 Å². The van der Waals surface area contributed by atoms with Gasteiger partial charge in [-0.3, -0.25) is 9.59 Å². The van der Waals surface area contributed by atoms with Gasteiger partial charge in [-0.2, -0.15) is 0 Å². The van der Waals surface area contributed by atoms with Crippen LogP contribution in [0.5, 0.6) is 10.8 Å². The summed E-state index contributed by atoms with van der Waals surface area (Å²) in [6.07, 6.45) is 0.710. The van der Waals surface area contributed by atoms with Gasteiger partial charge < -0.3 is 10.1 Å². The number of benzene rings is 1.